The second-order valence-electron chi connectivity index (χ2n) is 2.85. The van der Waals surface area contributed by atoms with E-state index < -0.39 is 0 Å². The largest absolute Gasteiger partial charge is 0.257 e. The molecule has 11 heavy (non-hydrogen) atoms. The van der Waals surface area contributed by atoms with Gasteiger partial charge in [0, 0.05) is 10.2 Å². The van der Waals surface area contributed by atoms with E-state index in [2.05, 4.69) is 34.8 Å². The first-order valence-electron chi connectivity index (χ1n) is 3.64. The molecular formula is C9H12BrN. The summed E-state index contributed by atoms with van der Waals surface area (Å²) in [5.74, 6) is 0. The highest BCUT2D eigenvalue weighted by Gasteiger charge is 2.05. The fourth-order valence-electron chi connectivity index (χ4n) is 1.09. The van der Waals surface area contributed by atoms with E-state index in [0.29, 0.717) is 0 Å². The SMILES string of the molecule is Cc1nc(C)c(Br)c(C)c1C. The van der Waals surface area contributed by atoms with E-state index in [0.717, 1.165) is 15.9 Å². The summed E-state index contributed by atoms with van der Waals surface area (Å²) < 4.78 is 1.14. The summed E-state index contributed by atoms with van der Waals surface area (Å²) in [5, 5.41) is 0. The molecule has 0 N–H and O–H groups in total. The van der Waals surface area contributed by atoms with Gasteiger partial charge in [0.05, 0.1) is 5.69 Å². The van der Waals surface area contributed by atoms with Gasteiger partial charge in [-0.1, -0.05) is 0 Å². The van der Waals surface area contributed by atoms with E-state index in [1.54, 1.807) is 0 Å². The lowest BCUT2D eigenvalue weighted by atomic mass is 10.1. The molecule has 0 radical (unpaired) electrons. The van der Waals surface area contributed by atoms with Crippen molar-refractivity contribution in [1.29, 1.82) is 0 Å². The number of rotatable bonds is 0. The molecule has 0 aliphatic rings. The Hall–Kier alpha value is -0.370. The molecule has 1 heterocycles. The minimum atomic E-state index is 1.07. The van der Waals surface area contributed by atoms with Crippen molar-refractivity contribution in [3.63, 3.8) is 0 Å². The molecule has 1 rings (SSSR count). The summed E-state index contributed by atoms with van der Waals surface area (Å²) in [7, 11) is 0. The van der Waals surface area contributed by atoms with Crippen LogP contribution in [0.25, 0.3) is 0 Å². The van der Waals surface area contributed by atoms with Gasteiger partial charge in [0.25, 0.3) is 0 Å². The Morgan fingerprint density at radius 2 is 1.45 bits per heavy atom. The number of aryl methyl sites for hydroxylation is 2. The van der Waals surface area contributed by atoms with Crippen LogP contribution < -0.4 is 0 Å². The molecule has 0 saturated heterocycles. The Balaban J connectivity index is 3.46. The molecule has 0 aliphatic carbocycles. The minimum absolute atomic E-state index is 1.07. The van der Waals surface area contributed by atoms with Gasteiger partial charge in [-0.15, -0.1) is 0 Å². The zero-order valence-electron chi connectivity index (χ0n) is 7.33. The highest BCUT2D eigenvalue weighted by molar-refractivity contribution is 9.10. The summed E-state index contributed by atoms with van der Waals surface area (Å²) >= 11 is 3.50. The number of halogens is 1. The van der Waals surface area contributed by atoms with Crippen molar-refractivity contribution in [1.82, 2.24) is 4.98 Å². The molecule has 0 aromatic carbocycles. The Labute approximate surface area is 76.0 Å². The summed E-state index contributed by atoms with van der Waals surface area (Å²) in [6.07, 6.45) is 0. The van der Waals surface area contributed by atoms with Crippen molar-refractivity contribution in [3.8, 4) is 0 Å². The van der Waals surface area contributed by atoms with Crippen molar-refractivity contribution in [3.05, 3.63) is 27.0 Å². The molecule has 0 saturated carbocycles. The van der Waals surface area contributed by atoms with Crippen LogP contribution in [0.5, 0.6) is 0 Å². The van der Waals surface area contributed by atoms with Crippen LogP contribution in [0.1, 0.15) is 22.5 Å². The van der Waals surface area contributed by atoms with E-state index in [9.17, 15) is 0 Å². The molecule has 2 heteroatoms. The number of aromatic nitrogens is 1. The first-order chi connectivity index (χ1) is 5.04. The van der Waals surface area contributed by atoms with Crippen molar-refractivity contribution in [2.75, 3.05) is 0 Å². The molecule has 0 amide bonds. The second-order valence-corrected chi connectivity index (χ2v) is 3.64. The van der Waals surface area contributed by atoms with Crippen LogP contribution in [-0.2, 0) is 0 Å². The van der Waals surface area contributed by atoms with Gasteiger partial charge in [0.2, 0.25) is 0 Å². The normalized spacial score (nSPS) is 10.3. The summed E-state index contributed by atoms with van der Waals surface area (Å²) in [6.45, 7) is 8.27. The molecule has 60 valence electrons. The smallest absolute Gasteiger partial charge is 0.0520 e. The first kappa shape index (κ1) is 8.72. The summed E-state index contributed by atoms with van der Waals surface area (Å²) in [6, 6.07) is 0. The Morgan fingerprint density at radius 1 is 0.909 bits per heavy atom. The summed E-state index contributed by atoms with van der Waals surface area (Å²) in [4.78, 5) is 4.39. The van der Waals surface area contributed by atoms with Gasteiger partial charge >= 0.3 is 0 Å². The van der Waals surface area contributed by atoms with Crippen LogP contribution in [0.3, 0.4) is 0 Å². The van der Waals surface area contributed by atoms with E-state index in [1.165, 1.54) is 11.1 Å². The zero-order chi connectivity index (χ0) is 8.59. The highest BCUT2D eigenvalue weighted by atomic mass is 79.9. The predicted molar refractivity (Wildman–Crippen MR) is 50.9 cm³/mol. The maximum absolute atomic E-state index is 4.39. The van der Waals surface area contributed by atoms with Crippen molar-refractivity contribution in [2.24, 2.45) is 0 Å². The predicted octanol–water partition coefficient (Wildman–Crippen LogP) is 3.08. The molecule has 0 spiro atoms. The molecule has 1 aromatic rings. The lowest BCUT2D eigenvalue weighted by Gasteiger charge is -2.08. The molecule has 0 aliphatic heterocycles. The third-order valence-corrected chi connectivity index (χ3v) is 3.26. The Kier molecular flexibility index (Phi) is 2.33. The van der Waals surface area contributed by atoms with Gasteiger partial charge in [0.15, 0.2) is 0 Å². The standard InChI is InChI=1S/C9H12BrN/c1-5-6(2)9(10)8(4)11-7(5)3/h1-4H3. The van der Waals surface area contributed by atoms with E-state index >= 15 is 0 Å². The second kappa shape index (κ2) is 2.94. The fourth-order valence-corrected chi connectivity index (χ4v) is 1.48. The number of hydrogen-bond acceptors (Lipinski definition) is 1. The average molecular weight is 214 g/mol. The van der Waals surface area contributed by atoms with Gasteiger partial charge in [-0.2, -0.15) is 0 Å². The minimum Gasteiger partial charge on any atom is -0.257 e. The molecule has 1 nitrogen and oxygen atoms in total. The van der Waals surface area contributed by atoms with Crippen LogP contribution in [0.15, 0.2) is 4.47 Å². The maximum Gasteiger partial charge on any atom is 0.0520 e. The number of nitrogens with zero attached hydrogens (tertiary/aromatic N) is 1. The van der Waals surface area contributed by atoms with E-state index in [1.807, 2.05) is 13.8 Å². The summed E-state index contributed by atoms with van der Waals surface area (Å²) in [5.41, 5.74) is 4.78. The molecular weight excluding hydrogens is 202 g/mol. The lowest BCUT2D eigenvalue weighted by molar-refractivity contribution is 1.05. The van der Waals surface area contributed by atoms with Crippen molar-refractivity contribution < 1.29 is 0 Å². The van der Waals surface area contributed by atoms with E-state index in [4.69, 9.17) is 0 Å². The van der Waals surface area contributed by atoms with Crippen LogP contribution in [0, 0.1) is 27.7 Å². The van der Waals surface area contributed by atoms with Gasteiger partial charge in [0.1, 0.15) is 0 Å². The third kappa shape index (κ3) is 1.45. The maximum atomic E-state index is 4.39. The van der Waals surface area contributed by atoms with Crippen molar-refractivity contribution in [2.45, 2.75) is 27.7 Å². The molecule has 0 unspecified atom stereocenters. The average Bonchev–Trinajstić information content (AvgIpc) is 1.97. The monoisotopic (exact) mass is 213 g/mol. The van der Waals surface area contributed by atoms with Gasteiger partial charge < -0.3 is 0 Å². The fraction of sp³-hybridized carbons (Fsp3) is 0.444. The van der Waals surface area contributed by atoms with Crippen LogP contribution in [0.4, 0.5) is 0 Å². The lowest BCUT2D eigenvalue weighted by Crippen LogP contribution is -1.95. The molecule has 0 atom stereocenters. The third-order valence-electron chi connectivity index (χ3n) is 2.09. The van der Waals surface area contributed by atoms with Crippen LogP contribution in [-0.4, -0.2) is 4.98 Å². The van der Waals surface area contributed by atoms with Crippen LogP contribution in [0.2, 0.25) is 0 Å². The first-order valence-corrected chi connectivity index (χ1v) is 4.43. The topological polar surface area (TPSA) is 12.9 Å². The van der Waals surface area contributed by atoms with E-state index in [-0.39, 0.29) is 0 Å². The highest BCUT2D eigenvalue weighted by Crippen LogP contribution is 2.23. The van der Waals surface area contributed by atoms with Crippen molar-refractivity contribution >= 4 is 15.9 Å². The van der Waals surface area contributed by atoms with Gasteiger partial charge in [-0.05, 0) is 54.8 Å². The number of hydrogen-bond donors (Lipinski definition) is 0. The Morgan fingerprint density at radius 3 is 2.00 bits per heavy atom. The van der Waals surface area contributed by atoms with Gasteiger partial charge in [-0.3, -0.25) is 4.98 Å². The molecule has 1 aromatic heterocycles. The number of pyridine rings is 1. The van der Waals surface area contributed by atoms with Gasteiger partial charge in [-0.25, -0.2) is 0 Å². The molecule has 0 fully saturated rings. The molecule has 0 bridgehead atoms. The quantitative estimate of drug-likeness (QED) is 0.646. The Bertz CT molecular complexity index is 266. The van der Waals surface area contributed by atoms with Crippen LogP contribution >= 0.6 is 15.9 Å². The zero-order valence-corrected chi connectivity index (χ0v) is 8.91.